The van der Waals surface area contributed by atoms with Crippen LogP contribution in [0.25, 0.3) is 10.9 Å². The third-order valence-corrected chi connectivity index (χ3v) is 4.83. The number of pyridine rings is 1. The van der Waals surface area contributed by atoms with Crippen LogP contribution in [0.5, 0.6) is 0 Å². The molecule has 1 aliphatic rings. The molecule has 0 spiro atoms. The molecule has 3 rings (SSSR count). The maximum absolute atomic E-state index is 12.2. The van der Waals surface area contributed by atoms with E-state index in [4.69, 9.17) is 0 Å². The summed E-state index contributed by atoms with van der Waals surface area (Å²) in [6.45, 7) is 6.47. The quantitative estimate of drug-likeness (QED) is 0.862. The largest absolute Gasteiger partial charge is 0.322 e. The molecule has 4 heteroatoms. The van der Waals surface area contributed by atoms with Crippen molar-refractivity contribution in [2.75, 3.05) is 19.6 Å². The van der Waals surface area contributed by atoms with Gasteiger partial charge in [-0.3, -0.25) is 4.79 Å². The molecule has 0 aliphatic carbocycles. The first kappa shape index (κ1) is 16.2. The number of aromatic nitrogens is 1. The zero-order chi connectivity index (χ0) is 16.1. The van der Waals surface area contributed by atoms with E-state index in [1.807, 2.05) is 30.3 Å². The minimum Gasteiger partial charge on any atom is -0.322 e. The summed E-state index contributed by atoms with van der Waals surface area (Å²) in [6.07, 6.45) is 4.91. The molecule has 1 aliphatic heterocycles. The van der Waals surface area contributed by atoms with Gasteiger partial charge in [-0.25, -0.2) is 0 Å². The van der Waals surface area contributed by atoms with Gasteiger partial charge in [-0.1, -0.05) is 31.5 Å². The number of aromatic amines is 1. The first-order chi connectivity index (χ1) is 11.3. The van der Waals surface area contributed by atoms with Crippen molar-refractivity contribution in [1.29, 1.82) is 0 Å². The van der Waals surface area contributed by atoms with Gasteiger partial charge < -0.3 is 15.2 Å². The van der Waals surface area contributed by atoms with Crippen LogP contribution in [0.1, 0.15) is 38.2 Å². The van der Waals surface area contributed by atoms with Crippen LogP contribution in [0.4, 0.5) is 0 Å². The van der Waals surface area contributed by atoms with E-state index in [2.05, 4.69) is 22.1 Å². The maximum atomic E-state index is 12.2. The Hall–Kier alpha value is -1.65. The zero-order valence-corrected chi connectivity index (χ0v) is 14.0. The molecule has 0 unspecified atom stereocenters. The van der Waals surface area contributed by atoms with Crippen molar-refractivity contribution < 1.29 is 0 Å². The number of benzene rings is 1. The summed E-state index contributed by atoms with van der Waals surface area (Å²) in [5.74, 6) is 0. The molecule has 1 saturated heterocycles. The lowest BCUT2D eigenvalue weighted by molar-refractivity contribution is 0.195. The van der Waals surface area contributed by atoms with Crippen molar-refractivity contribution in [3.63, 3.8) is 0 Å². The van der Waals surface area contributed by atoms with Gasteiger partial charge >= 0.3 is 0 Å². The highest BCUT2D eigenvalue weighted by atomic mass is 16.1. The van der Waals surface area contributed by atoms with E-state index < -0.39 is 0 Å². The van der Waals surface area contributed by atoms with Crippen LogP contribution >= 0.6 is 0 Å². The highest BCUT2D eigenvalue weighted by Gasteiger charge is 2.18. The highest BCUT2D eigenvalue weighted by molar-refractivity contribution is 5.78. The van der Waals surface area contributed by atoms with Crippen molar-refractivity contribution in [3.8, 4) is 0 Å². The number of hydrogen-bond donors (Lipinski definition) is 2. The van der Waals surface area contributed by atoms with Crippen LogP contribution < -0.4 is 10.9 Å². The van der Waals surface area contributed by atoms with Crippen LogP contribution in [-0.2, 0) is 6.54 Å². The predicted octanol–water partition coefficient (Wildman–Crippen LogP) is 2.88. The number of H-pyrrole nitrogens is 1. The zero-order valence-electron chi connectivity index (χ0n) is 14.0. The number of para-hydroxylation sites is 1. The van der Waals surface area contributed by atoms with Crippen molar-refractivity contribution >= 4 is 10.9 Å². The first-order valence-electron chi connectivity index (χ1n) is 8.83. The second kappa shape index (κ2) is 7.75. The molecule has 0 saturated carbocycles. The number of nitrogens with zero attached hydrogens (tertiary/aromatic N) is 1. The summed E-state index contributed by atoms with van der Waals surface area (Å²) >= 11 is 0. The Labute approximate surface area is 137 Å². The molecule has 0 amide bonds. The minimum absolute atomic E-state index is 0.0246. The van der Waals surface area contributed by atoms with Gasteiger partial charge in [-0.15, -0.1) is 0 Å². The molecule has 2 aromatic rings. The number of piperidine rings is 1. The third kappa shape index (κ3) is 4.21. The summed E-state index contributed by atoms with van der Waals surface area (Å²) in [5, 5.41) is 4.67. The van der Waals surface area contributed by atoms with E-state index in [9.17, 15) is 4.79 Å². The Balaban J connectivity index is 1.55. The summed E-state index contributed by atoms with van der Waals surface area (Å²) in [4.78, 5) is 17.7. The van der Waals surface area contributed by atoms with Crippen molar-refractivity contribution in [3.05, 3.63) is 46.2 Å². The number of rotatable bonds is 6. The maximum Gasteiger partial charge on any atom is 0.252 e. The molecule has 1 aromatic heterocycles. The predicted molar refractivity (Wildman–Crippen MR) is 95.8 cm³/mol. The van der Waals surface area contributed by atoms with E-state index in [0.717, 1.165) is 16.5 Å². The van der Waals surface area contributed by atoms with E-state index >= 15 is 0 Å². The summed E-state index contributed by atoms with van der Waals surface area (Å²) < 4.78 is 0. The molecule has 2 N–H and O–H groups in total. The number of unbranched alkanes of at least 4 members (excludes halogenated alkanes) is 1. The second-order valence-corrected chi connectivity index (χ2v) is 6.56. The second-order valence-electron chi connectivity index (χ2n) is 6.56. The van der Waals surface area contributed by atoms with Gasteiger partial charge in [-0.05, 0) is 56.4 Å². The van der Waals surface area contributed by atoms with Crippen molar-refractivity contribution in [2.45, 2.75) is 45.2 Å². The van der Waals surface area contributed by atoms with E-state index in [0.29, 0.717) is 12.6 Å². The number of hydrogen-bond acceptors (Lipinski definition) is 3. The Morgan fingerprint density at radius 2 is 2.04 bits per heavy atom. The molecule has 0 radical (unpaired) electrons. The minimum atomic E-state index is 0.0246. The number of nitrogens with one attached hydrogen (secondary N) is 2. The van der Waals surface area contributed by atoms with Crippen LogP contribution in [0.15, 0.2) is 35.1 Å². The lowest BCUT2D eigenvalue weighted by Crippen LogP contribution is -2.42. The lowest BCUT2D eigenvalue weighted by atomic mass is 10.0. The summed E-state index contributed by atoms with van der Waals surface area (Å²) in [5.41, 5.74) is 1.76. The van der Waals surface area contributed by atoms with Gasteiger partial charge in [0.2, 0.25) is 0 Å². The Morgan fingerprint density at radius 1 is 1.26 bits per heavy atom. The highest BCUT2D eigenvalue weighted by Crippen LogP contribution is 2.13. The summed E-state index contributed by atoms with van der Waals surface area (Å²) in [7, 11) is 0. The molecule has 1 aromatic carbocycles. The molecular formula is C19H27N3O. The first-order valence-corrected chi connectivity index (χ1v) is 8.83. The normalized spacial score (nSPS) is 16.9. The average molecular weight is 313 g/mol. The molecule has 2 heterocycles. The Bertz CT molecular complexity index is 686. The van der Waals surface area contributed by atoms with Crippen molar-refractivity contribution in [1.82, 2.24) is 15.2 Å². The van der Waals surface area contributed by atoms with Crippen LogP contribution in [0.3, 0.4) is 0 Å². The Kier molecular flexibility index (Phi) is 5.47. The van der Waals surface area contributed by atoms with Gasteiger partial charge in [0.25, 0.3) is 5.56 Å². The van der Waals surface area contributed by atoms with Gasteiger partial charge in [0.05, 0.1) is 0 Å². The molecule has 0 atom stereocenters. The Morgan fingerprint density at radius 3 is 2.83 bits per heavy atom. The van der Waals surface area contributed by atoms with Gasteiger partial charge in [0.1, 0.15) is 0 Å². The fourth-order valence-electron chi connectivity index (χ4n) is 3.32. The topological polar surface area (TPSA) is 48.1 Å². The number of likely N-dealkylation sites (tertiary alicyclic amines) is 1. The standard InChI is InChI=1S/C19H27N3O/c1-2-3-10-22-11-8-17(9-12-22)20-14-16-13-15-6-4-5-7-18(15)21-19(16)23/h4-7,13,17,20H,2-3,8-12,14H2,1H3,(H,21,23). The summed E-state index contributed by atoms with van der Waals surface area (Å²) in [6, 6.07) is 10.5. The lowest BCUT2D eigenvalue weighted by Gasteiger charge is -2.32. The van der Waals surface area contributed by atoms with Crippen LogP contribution in [0.2, 0.25) is 0 Å². The smallest absolute Gasteiger partial charge is 0.252 e. The third-order valence-electron chi connectivity index (χ3n) is 4.83. The fourth-order valence-corrected chi connectivity index (χ4v) is 3.32. The molecule has 1 fully saturated rings. The monoisotopic (exact) mass is 313 g/mol. The van der Waals surface area contributed by atoms with E-state index in [1.54, 1.807) is 0 Å². The van der Waals surface area contributed by atoms with E-state index in [-0.39, 0.29) is 5.56 Å². The molecular weight excluding hydrogens is 286 g/mol. The van der Waals surface area contributed by atoms with Crippen LogP contribution in [-0.4, -0.2) is 35.6 Å². The van der Waals surface area contributed by atoms with Gasteiger partial charge in [-0.2, -0.15) is 0 Å². The molecule has 23 heavy (non-hydrogen) atoms. The molecule has 0 bridgehead atoms. The SMILES string of the molecule is CCCCN1CCC(NCc2cc3ccccc3[nH]c2=O)CC1. The average Bonchev–Trinajstić information content (AvgIpc) is 2.59. The van der Waals surface area contributed by atoms with Gasteiger partial charge in [0, 0.05) is 23.7 Å². The van der Waals surface area contributed by atoms with Gasteiger partial charge in [0.15, 0.2) is 0 Å². The molecule has 124 valence electrons. The number of fused-ring (bicyclic) bond motifs is 1. The fraction of sp³-hybridized carbons (Fsp3) is 0.526. The van der Waals surface area contributed by atoms with E-state index in [1.165, 1.54) is 45.3 Å². The molecule has 4 nitrogen and oxygen atoms in total. The van der Waals surface area contributed by atoms with Crippen molar-refractivity contribution in [2.24, 2.45) is 0 Å². The van der Waals surface area contributed by atoms with Crippen LogP contribution in [0, 0.1) is 0 Å².